The summed E-state index contributed by atoms with van der Waals surface area (Å²) in [4.78, 5) is 5.96. The van der Waals surface area contributed by atoms with Gasteiger partial charge in [-0.3, -0.25) is 0 Å². The number of nitrogens with zero attached hydrogens (tertiary/aromatic N) is 1. The van der Waals surface area contributed by atoms with Crippen molar-refractivity contribution in [1.82, 2.24) is 10.3 Å². The van der Waals surface area contributed by atoms with E-state index in [2.05, 4.69) is 53.1 Å². The Morgan fingerprint density at radius 2 is 2.14 bits per heavy atom. The predicted molar refractivity (Wildman–Crippen MR) is 95.5 cm³/mol. The molecule has 1 N–H and O–H groups in total. The molecule has 0 radical (unpaired) electrons. The summed E-state index contributed by atoms with van der Waals surface area (Å²) in [5, 5.41) is 5.53. The fraction of sp³-hybridized carbons (Fsp3) is 0.438. The van der Waals surface area contributed by atoms with Crippen LogP contribution in [0.25, 0.3) is 0 Å². The highest BCUT2D eigenvalue weighted by Gasteiger charge is 2.15. The van der Waals surface area contributed by atoms with Gasteiger partial charge in [0.2, 0.25) is 0 Å². The van der Waals surface area contributed by atoms with Gasteiger partial charge in [0.25, 0.3) is 0 Å². The monoisotopic (exact) mass is 386 g/mol. The molecule has 0 bridgehead atoms. The predicted octanol–water partition coefficient (Wildman–Crippen LogP) is 5.46. The van der Waals surface area contributed by atoms with Crippen molar-refractivity contribution in [2.75, 3.05) is 6.54 Å². The topological polar surface area (TPSA) is 24.9 Å². The van der Waals surface area contributed by atoms with Gasteiger partial charge in [-0.05, 0) is 60.4 Å². The highest BCUT2D eigenvalue weighted by atomic mass is 79.9. The lowest BCUT2D eigenvalue weighted by atomic mass is 10.0. The molecule has 0 aliphatic heterocycles. The third-order valence-corrected chi connectivity index (χ3v) is 5.77. The zero-order valence-corrected chi connectivity index (χ0v) is 15.7. The molecule has 1 aromatic carbocycles. The molecule has 0 aliphatic carbocycles. The van der Waals surface area contributed by atoms with Crippen molar-refractivity contribution in [2.45, 2.75) is 39.7 Å². The first-order valence-electron chi connectivity index (χ1n) is 7.12. The van der Waals surface area contributed by atoms with Crippen molar-refractivity contribution < 1.29 is 0 Å². The Kier molecular flexibility index (Phi) is 6.23. The Morgan fingerprint density at radius 1 is 1.38 bits per heavy atom. The van der Waals surface area contributed by atoms with Gasteiger partial charge in [-0.15, -0.1) is 11.3 Å². The van der Waals surface area contributed by atoms with Crippen molar-refractivity contribution in [3.8, 4) is 0 Å². The van der Waals surface area contributed by atoms with Crippen molar-refractivity contribution in [2.24, 2.45) is 0 Å². The molecule has 0 fully saturated rings. The lowest BCUT2D eigenvalue weighted by Gasteiger charge is -2.18. The minimum atomic E-state index is 0.250. The zero-order valence-electron chi connectivity index (χ0n) is 12.5. The number of thiazole rings is 1. The number of aromatic nitrogens is 1. The van der Waals surface area contributed by atoms with E-state index in [0.29, 0.717) is 0 Å². The average Bonchev–Trinajstić information content (AvgIpc) is 2.76. The molecule has 0 spiro atoms. The van der Waals surface area contributed by atoms with Crippen LogP contribution < -0.4 is 5.32 Å². The van der Waals surface area contributed by atoms with E-state index < -0.39 is 0 Å². The summed E-state index contributed by atoms with van der Waals surface area (Å²) < 4.78 is 0.933. The summed E-state index contributed by atoms with van der Waals surface area (Å²) in [6.07, 6.45) is 2.01. The normalized spacial score (nSPS) is 12.6. The van der Waals surface area contributed by atoms with Crippen molar-refractivity contribution in [1.29, 1.82) is 0 Å². The summed E-state index contributed by atoms with van der Waals surface area (Å²) in [6, 6.07) is 6.42. The summed E-state index contributed by atoms with van der Waals surface area (Å²) in [5.74, 6) is 0. The van der Waals surface area contributed by atoms with Crippen LogP contribution in [0.5, 0.6) is 0 Å². The number of aryl methyl sites for hydroxylation is 2. The molecular weight excluding hydrogens is 368 g/mol. The summed E-state index contributed by atoms with van der Waals surface area (Å²) >= 11 is 11.5. The quantitative estimate of drug-likeness (QED) is 0.712. The molecule has 0 amide bonds. The van der Waals surface area contributed by atoms with Gasteiger partial charge in [-0.2, -0.15) is 0 Å². The minimum absolute atomic E-state index is 0.250. The van der Waals surface area contributed by atoms with Crippen LogP contribution in [0.4, 0.5) is 0 Å². The Labute approximate surface area is 144 Å². The van der Waals surface area contributed by atoms with Crippen LogP contribution >= 0.6 is 38.9 Å². The fourth-order valence-electron chi connectivity index (χ4n) is 2.16. The van der Waals surface area contributed by atoms with Gasteiger partial charge in [0.05, 0.1) is 15.7 Å². The van der Waals surface area contributed by atoms with E-state index in [4.69, 9.17) is 11.6 Å². The standard InChI is InChI=1S/C16H20BrClN2S/c1-4-7-19-15(9-16-20-10(2)11(3)21-16)12-5-6-13(17)14(18)8-12/h5-6,8,15,19H,4,7,9H2,1-3H3. The first-order chi connectivity index (χ1) is 10.0. The average molecular weight is 388 g/mol. The first kappa shape index (κ1) is 16.9. The molecule has 2 rings (SSSR count). The van der Waals surface area contributed by atoms with Crippen molar-refractivity contribution in [3.05, 3.63) is 48.8 Å². The second kappa shape index (κ2) is 7.73. The highest BCUT2D eigenvalue weighted by Crippen LogP contribution is 2.29. The third kappa shape index (κ3) is 4.52. The number of nitrogens with one attached hydrogen (secondary N) is 1. The lowest BCUT2D eigenvalue weighted by molar-refractivity contribution is 0.528. The summed E-state index contributed by atoms with van der Waals surface area (Å²) in [6.45, 7) is 7.36. The van der Waals surface area contributed by atoms with E-state index >= 15 is 0 Å². The van der Waals surface area contributed by atoms with Crippen molar-refractivity contribution in [3.63, 3.8) is 0 Å². The largest absolute Gasteiger partial charge is 0.310 e. The number of rotatable bonds is 6. The molecule has 114 valence electrons. The molecule has 2 nitrogen and oxygen atoms in total. The molecule has 0 saturated heterocycles. The Hall–Kier alpha value is -0.420. The SMILES string of the molecule is CCCNC(Cc1nc(C)c(C)s1)c1ccc(Br)c(Cl)c1. The second-order valence-electron chi connectivity index (χ2n) is 5.13. The van der Waals surface area contributed by atoms with Crippen LogP contribution in [0.3, 0.4) is 0 Å². The Balaban J connectivity index is 2.22. The van der Waals surface area contributed by atoms with E-state index in [9.17, 15) is 0 Å². The maximum absolute atomic E-state index is 6.24. The van der Waals surface area contributed by atoms with Gasteiger partial charge in [0, 0.05) is 21.8 Å². The van der Waals surface area contributed by atoms with Gasteiger partial charge < -0.3 is 5.32 Å². The first-order valence-corrected chi connectivity index (χ1v) is 9.11. The smallest absolute Gasteiger partial charge is 0.0949 e. The molecule has 1 atom stereocenters. The molecule has 1 unspecified atom stereocenters. The van der Waals surface area contributed by atoms with E-state index in [1.54, 1.807) is 11.3 Å². The number of benzene rings is 1. The third-order valence-electron chi connectivity index (χ3n) is 3.44. The second-order valence-corrected chi connectivity index (χ2v) is 7.68. The molecule has 2 aromatic rings. The Bertz CT molecular complexity index is 593. The Morgan fingerprint density at radius 3 is 2.71 bits per heavy atom. The maximum atomic E-state index is 6.24. The summed E-state index contributed by atoms with van der Waals surface area (Å²) in [5.41, 5.74) is 2.35. The van der Waals surface area contributed by atoms with Gasteiger partial charge in [-0.25, -0.2) is 4.98 Å². The van der Waals surface area contributed by atoms with Gasteiger partial charge >= 0.3 is 0 Å². The highest BCUT2D eigenvalue weighted by molar-refractivity contribution is 9.10. The van der Waals surface area contributed by atoms with E-state index in [-0.39, 0.29) is 6.04 Å². The molecule has 5 heteroatoms. The van der Waals surface area contributed by atoms with Gasteiger partial charge in [-0.1, -0.05) is 24.6 Å². The van der Waals surface area contributed by atoms with E-state index in [0.717, 1.165) is 34.6 Å². The zero-order chi connectivity index (χ0) is 15.4. The maximum Gasteiger partial charge on any atom is 0.0949 e. The number of hydrogen-bond acceptors (Lipinski definition) is 3. The van der Waals surface area contributed by atoms with Crippen LogP contribution in [0.15, 0.2) is 22.7 Å². The van der Waals surface area contributed by atoms with Crippen LogP contribution in [0.1, 0.15) is 40.5 Å². The molecule has 0 saturated carbocycles. The molecule has 1 aromatic heterocycles. The van der Waals surface area contributed by atoms with E-state index in [1.807, 2.05) is 12.1 Å². The minimum Gasteiger partial charge on any atom is -0.310 e. The van der Waals surface area contributed by atoms with Crippen molar-refractivity contribution >= 4 is 38.9 Å². The fourth-order valence-corrected chi connectivity index (χ4v) is 3.57. The van der Waals surface area contributed by atoms with E-state index in [1.165, 1.54) is 15.4 Å². The van der Waals surface area contributed by atoms with Gasteiger partial charge in [0.15, 0.2) is 0 Å². The van der Waals surface area contributed by atoms with Crippen LogP contribution in [0.2, 0.25) is 5.02 Å². The molecular formula is C16H20BrClN2S. The molecule has 1 heterocycles. The summed E-state index contributed by atoms with van der Waals surface area (Å²) in [7, 11) is 0. The van der Waals surface area contributed by atoms with Gasteiger partial charge in [0.1, 0.15) is 0 Å². The lowest BCUT2D eigenvalue weighted by Crippen LogP contribution is -2.24. The number of halogens is 2. The van der Waals surface area contributed by atoms with Crippen LogP contribution in [0, 0.1) is 13.8 Å². The molecule has 21 heavy (non-hydrogen) atoms. The van der Waals surface area contributed by atoms with Crippen LogP contribution in [-0.4, -0.2) is 11.5 Å². The van der Waals surface area contributed by atoms with Crippen LogP contribution in [-0.2, 0) is 6.42 Å². The molecule has 0 aliphatic rings. The number of hydrogen-bond donors (Lipinski definition) is 1.